The van der Waals surface area contributed by atoms with Crippen molar-refractivity contribution in [1.29, 1.82) is 0 Å². The average Bonchev–Trinajstić information content (AvgIpc) is 2.70. The van der Waals surface area contributed by atoms with Gasteiger partial charge in [-0.3, -0.25) is 14.2 Å². The second-order valence-corrected chi connectivity index (χ2v) is 12.0. The van der Waals surface area contributed by atoms with Crippen LogP contribution in [0.5, 0.6) is 0 Å². The molecule has 8 nitrogen and oxygen atoms in total. The first-order chi connectivity index (χ1) is 15.7. The van der Waals surface area contributed by atoms with E-state index in [1.54, 1.807) is 0 Å². The van der Waals surface area contributed by atoms with Gasteiger partial charge in [0.25, 0.3) is 20.0 Å². The Morgan fingerprint density at radius 2 is 1.50 bits per heavy atom. The van der Waals surface area contributed by atoms with Gasteiger partial charge in [-0.05, 0) is 76.9 Å². The number of carbonyl (C=O) groups excluding carboxylic acids is 1. The summed E-state index contributed by atoms with van der Waals surface area (Å²) in [5.74, 6) is -1.71. The van der Waals surface area contributed by atoms with Crippen molar-refractivity contribution in [2.45, 2.75) is 16.7 Å². The van der Waals surface area contributed by atoms with E-state index in [9.17, 15) is 26.0 Å². The topological polar surface area (TPSA) is 135 Å². The summed E-state index contributed by atoms with van der Waals surface area (Å²) in [4.78, 5) is 11.3. The maximum absolute atomic E-state index is 13.7. The molecule has 3 aromatic rings. The molecule has 0 aliphatic rings. The molecule has 4 N–H and O–H groups in total. The van der Waals surface area contributed by atoms with Crippen molar-refractivity contribution < 1.29 is 26.0 Å². The van der Waals surface area contributed by atoms with Gasteiger partial charge in [0, 0.05) is 15.7 Å². The van der Waals surface area contributed by atoms with Crippen molar-refractivity contribution in [3.8, 4) is 0 Å². The van der Waals surface area contributed by atoms with Crippen LogP contribution < -0.4 is 15.2 Å². The number of hydrogen-bond donors (Lipinski definition) is 3. The van der Waals surface area contributed by atoms with Crippen molar-refractivity contribution in [3.05, 3.63) is 80.0 Å². The van der Waals surface area contributed by atoms with E-state index in [1.165, 1.54) is 19.1 Å². The van der Waals surface area contributed by atoms with Gasteiger partial charge in [-0.1, -0.05) is 23.2 Å². The van der Waals surface area contributed by atoms with E-state index >= 15 is 0 Å². The van der Waals surface area contributed by atoms with Crippen molar-refractivity contribution in [2.24, 2.45) is 5.73 Å². The zero-order chi connectivity index (χ0) is 25.4. The third-order valence-corrected chi connectivity index (χ3v) is 8.27. The van der Waals surface area contributed by atoms with Crippen molar-refractivity contribution in [1.82, 2.24) is 0 Å². The van der Waals surface area contributed by atoms with Gasteiger partial charge in [0.15, 0.2) is 0 Å². The van der Waals surface area contributed by atoms with Gasteiger partial charge in [-0.2, -0.15) is 0 Å². The molecule has 0 spiro atoms. The number of nitrogens with one attached hydrogen (secondary N) is 2. The van der Waals surface area contributed by atoms with E-state index in [0.29, 0.717) is 0 Å². The summed E-state index contributed by atoms with van der Waals surface area (Å²) in [6, 6.07) is 9.15. The number of primary amides is 1. The van der Waals surface area contributed by atoms with E-state index in [2.05, 4.69) is 25.4 Å². The van der Waals surface area contributed by atoms with Gasteiger partial charge >= 0.3 is 103 Å². The summed E-state index contributed by atoms with van der Waals surface area (Å²) < 4.78 is 69.5. The molecule has 0 saturated carbocycles. The molecule has 1 amide bonds. The summed E-state index contributed by atoms with van der Waals surface area (Å²) in [7, 11) is -8.56. The number of sulfonamides is 2. The van der Waals surface area contributed by atoms with Gasteiger partial charge in [-0.25, -0.2) is 21.2 Å². The first-order valence-corrected chi connectivity index (χ1v) is 13.6. The second-order valence-electron chi connectivity index (χ2n) is 6.97. The van der Waals surface area contributed by atoms with Crippen LogP contribution in [0.3, 0.4) is 0 Å². The van der Waals surface area contributed by atoms with Crippen LogP contribution in [-0.2, 0) is 20.0 Å². The van der Waals surface area contributed by atoms with Crippen LogP contribution in [0.25, 0.3) is 0 Å². The predicted octanol–water partition coefficient (Wildman–Crippen LogP) is 3.61. The molecule has 3 aromatic carbocycles. The van der Waals surface area contributed by atoms with Gasteiger partial charge in [-0.15, -0.1) is 0 Å². The van der Waals surface area contributed by atoms with E-state index < -0.39 is 42.2 Å². The number of anilines is 2. The SMILES string of the molecule is Cc1cc(F)c(Br)cc1NS(=O)(=O)c1ccc(NS(=O)(=O)c2cc(Cl)cc(Cl)c2)cc1C(N)=O.[KH].[KH]. The van der Waals surface area contributed by atoms with Gasteiger partial charge in [0.05, 0.1) is 20.6 Å². The minimum absolute atomic E-state index is 0. The standard InChI is InChI=1S/C20H15BrCl2FN3O5S2.2K.2H/c1-10-4-17(24)16(21)9-18(10)27-34(31,32)19-3-2-13(8-15(19)20(25)28)26-33(29,30)14-6-11(22)5-12(23)7-14;;;;/h2-9,26-27H,1H3,(H2,25,28);;;;. The Morgan fingerprint density at radius 1 is 0.917 bits per heavy atom. The number of amides is 1. The Labute approximate surface area is 311 Å². The first kappa shape index (κ1) is 34.9. The van der Waals surface area contributed by atoms with Gasteiger partial charge in [0.2, 0.25) is 5.91 Å². The molecule has 184 valence electrons. The van der Waals surface area contributed by atoms with Crippen LogP contribution in [-0.4, -0.2) is 126 Å². The fraction of sp³-hybridized carbons (Fsp3) is 0.0500. The van der Waals surface area contributed by atoms with Crippen LogP contribution in [0.4, 0.5) is 15.8 Å². The third-order valence-electron chi connectivity index (χ3n) is 4.44. The number of halogens is 4. The van der Waals surface area contributed by atoms with Crippen LogP contribution in [0.2, 0.25) is 10.0 Å². The quantitative estimate of drug-likeness (QED) is 0.326. The molecule has 0 heterocycles. The maximum atomic E-state index is 13.7. The molecule has 0 bridgehead atoms. The average molecular weight is 692 g/mol. The van der Waals surface area contributed by atoms with Crippen LogP contribution in [0.15, 0.2) is 62.8 Å². The summed E-state index contributed by atoms with van der Waals surface area (Å²) in [6.45, 7) is 1.49. The number of nitrogens with two attached hydrogens (primary N) is 1. The minimum atomic E-state index is -4.37. The molecule has 0 atom stereocenters. The van der Waals surface area contributed by atoms with E-state index in [4.69, 9.17) is 28.9 Å². The van der Waals surface area contributed by atoms with Crippen molar-refractivity contribution >= 4 is 179 Å². The Bertz CT molecular complexity index is 1520. The van der Waals surface area contributed by atoms with Crippen LogP contribution in [0, 0.1) is 12.7 Å². The Hall–Kier alpha value is 0.893. The fourth-order valence-corrected chi connectivity index (χ4v) is 6.31. The zero-order valence-corrected chi connectivity index (χ0v) is 21.8. The Morgan fingerprint density at radius 3 is 2.06 bits per heavy atom. The Balaban J connectivity index is 0.00000324. The Kier molecular flexibility index (Phi) is 13.6. The van der Waals surface area contributed by atoms with Crippen molar-refractivity contribution in [2.75, 3.05) is 9.44 Å². The molecule has 3 rings (SSSR count). The van der Waals surface area contributed by atoms with Crippen LogP contribution in [0.1, 0.15) is 15.9 Å². The predicted molar refractivity (Wildman–Crippen MR) is 146 cm³/mol. The summed E-state index contributed by atoms with van der Waals surface area (Å²) in [6.07, 6.45) is 0. The number of carbonyl (C=O) groups is 1. The first-order valence-electron chi connectivity index (χ1n) is 9.11. The molecular weight excluding hydrogens is 674 g/mol. The third kappa shape index (κ3) is 8.70. The van der Waals surface area contributed by atoms with E-state index in [0.717, 1.165) is 36.4 Å². The molecule has 0 aliphatic carbocycles. The molecule has 36 heavy (non-hydrogen) atoms. The van der Waals surface area contributed by atoms with Gasteiger partial charge in [0.1, 0.15) is 10.7 Å². The van der Waals surface area contributed by atoms with Crippen molar-refractivity contribution in [3.63, 3.8) is 0 Å². The molecule has 0 aliphatic heterocycles. The van der Waals surface area contributed by atoms with E-state index in [-0.39, 0.29) is 139 Å². The molecule has 0 radical (unpaired) electrons. The summed E-state index contributed by atoms with van der Waals surface area (Å²) >= 11 is 14.7. The zero-order valence-electron chi connectivity index (χ0n) is 17.1. The summed E-state index contributed by atoms with van der Waals surface area (Å²) in [5, 5.41) is 0.168. The fourth-order valence-electron chi connectivity index (χ4n) is 2.87. The molecule has 16 heteroatoms. The number of hydrogen-bond acceptors (Lipinski definition) is 5. The number of benzene rings is 3. The van der Waals surface area contributed by atoms with E-state index in [1.807, 2.05) is 0 Å². The second kappa shape index (κ2) is 14.0. The van der Waals surface area contributed by atoms with Gasteiger partial charge < -0.3 is 5.73 Å². The molecule has 0 saturated heterocycles. The number of rotatable bonds is 7. The normalized spacial score (nSPS) is 11.1. The number of aryl methyl sites for hydroxylation is 1. The molecular formula is C20H17BrCl2FK2N3O5S2. The molecule has 0 aromatic heterocycles. The monoisotopic (exact) mass is 689 g/mol. The molecule has 0 fully saturated rings. The van der Waals surface area contributed by atoms with Crippen LogP contribution >= 0.6 is 39.1 Å². The summed E-state index contributed by atoms with van der Waals surface area (Å²) in [5.41, 5.74) is 5.10. The molecule has 0 unspecified atom stereocenters.